The number of phenolic OH excluding ortho intramolecular Hbond substituents is 1. The minimum atomic E-state index is -0.252. The van der Waals surface area contributed by atoms with Crippen LogP contribution in [0.5, 0.6) is 5.75 Å². The Kier molecular flexibility index (Phi) is 11.6. The fraction of sp³-hybridized carbons (Fsp3) is 0.391. The minimum absolute atomic E-state index is 0.0664. The van der Waals surface area contributed by atoms with Gasteiger partial charge >= 0.3 is 6.03 Å². The number of hydrogen-bond donors (Lipinski definition) is 5. The van der Waals surface area contributed by atoms with Crippen molar-refractivity contribution >= 4 is 34.2 Å². The monoisotopic (exact) mass is 799 g/mol. The number of anilines is 1. The van der Waals surface area contributed by atoms with E-state index >= 15 is 0 Å². The van der Waals surface area contributed by atoms with E-state index in [2.05, 4.69) is 46.5 Å². The summed E-state index contributed by atoms with van der Waals surface area (Å²) in [6.07, 6.45) is 6.35. The van der Waals surface area contributed by atoms with Crippen LogP contribution in [-0.4, -0.2) is 95.3 Å². The number of amides is 3. The molecular formula is C46H57N9O4. The number of urea groups is 1. The van der Waals surface area contributed by atoms with Gasteiger partial charge in [0.2, 0.25) is 0 Å². The van der Waals surface area contributed by atoms with Crippen LogP contribution >= 0.6 is 0 Å². The fourth-order valence-corrected chi connectivity index (χ4v) is 9.38. The molecule has 0 radical (unpaired) electrons. The number of piperidine rings is 2. The van der Waals surface area contributed by atoms with Crippen molar-refractivity contribution in [3.8, 4) is 5.75 Å². The summed E-state index contributed by atoms with van der Waals surface area (Å²) in [5.41, 5.74) is 25.8. The first-order chi connectivity index (χ1) is 28.5. The predicted octanol–water partition coefficient (Wildman–Crippen LogP) is 5.74. The van der Waals surface area contributed by atoms with E-state index < -0.39 is 0 Å². The Morgan fingerprint density at radius 1 is 0.915 bits per heavy atom. The van der Waals surface area contributed by atoms with Gasteiger partial charge in [0.15, 0.2) is 0 Å². The number of fused-ring (bicyclic) bond motifs is 1. The number of phenols is 1. The normalized spacial score (nSPS) is 20.3. The maximum absolute atomic E-state index is 13.6. The third kappa shape index (κ3) is 8.48. The number of nitrogens with zero attached hydrogens (tertiary/aromatic N) is 5. The lowest BCUT2D eigenvalue weighted by Gasteiger charge is -2.38. The van der Waals surface area contributed by atoms with E-state index in [0.717, 1.165) is 87.2 Å². The molecule has 4 aliphatic rings. The summed E-state index contributed by atoms with van der Waals surface area (Å²) in [4.78, 5) is 34.9. The third-order valence-electron chi connectivity index (χ3n) is 12.6. The summed E-state index contributed by atoms with van der Waals surface area (Å²) in [5.74, 6) is 0.841. The average molecular weight is 800 g/mol. The molecule has 59 heavy (non-hydrogen) atoms. The number of hydrogen-bond acceptors (Lipinski definition) is 9. The highest BCUT2D eigenvalue weighted by Gasteiger charge is 2.30. The molecular weight excluding hydrogens is 743 g/mol. The smallest absolute Gasteiger partial charge is 0.326 e. The minimum Gasteiger partial charge on any atom is -0.507 e. The number of aromatic hydroxyl groups is 1. The van der Waals surface area contributed by atoms with Gasteiger partial charge in [0.1, 0.15) is 17.7 Å². The molecule has 1 atom stereocenters. The quantitative estimate of drug-likeness (QED) is 0.133. The van der Waals surface area contributed by atoms with Gasteiger partial charge < -0.3 is 51.6 Å². The van der Waals surface area contributed by atoms with Gasteiger partial charge in [-0.15, -0.1) is 0 Å². The Morgan fingerprint density at radius 2 is 1.66 bits per heavy atom. The van der Waals surface area contributed by atoms with Crippen molar-refractivity contribution in [1.82, 2.24) is 24.6 Å². The predicted molar refractivity (Wildman–Crippen MR) is 232 cm³/mol. The van der Waals surface area contributed by atoms with E-state index in [1.165, 1.54) is 11.2 Å². The molecule has 0 aliphatic carbocycles. The largest absolute Gasteiger partial charge is 0.507 e. The van der Waals surface area contributed by atoms with Crippen LogP contribution < -0.4 is 27.4 Å². The number of likely N-dealkylation sites (tertiary alicyclic amines) is 2. The van der Waals surface area contributed by atoms with Crippen molar-refractivity contribution < 1.29 is 19.4 Å². The van der Waals surface area contributed by atoms with Crippen LogP contribution in [0.1, 0.15) is 71.4 Å². The van der Waals surface area contributed by atoms with E-state index in [-0.39, 0.29) is 29.6 Å². The molecule has 1 unspecified atom stereocenters. The number of carbonyl (C=O) groups excluding carboxylic acids is 2. The van der Waals surface area contributed by atoms with Crippen molar-refractivity contribution in [2.45, 2.75) is 51.2 Å². The van der Waals surface area contributed by atoms with E-state index in [9.17, 15) is 14.7 Å². The first-order valence-corrected chi connectivity index (χ1v) is 20.9. The van der Waals surface area contributed by atoms with Crippen molar-refractivity contribution in [2.24, 2.45) is 23.1 Å². The van der Waals surface area contributed by atoms with Crippen LogP contribution in [0.2, 0.25) is 0 Å². The Hall–Kier alpha value is -5.92. The average Bonchev–Trinajstić information content (AvgIpc) is 3.59. The molecule has 4 aliphatic heterocycles. The lowest BCUT2D eigenvalue weighted by atomic mass is 9.94. The topological polar surface area (TPSA) is 172 Å². The molecule has 3 aromatic carbocycles. The highest BCUT2D eigenvalue weighted by molar-refractivity contribution is 6.04. The van der Waals surface area contributed by atoms with Crippen molar-refractivity contribution in [3.63, 3.8) is 0 Å². The first kappa shape index (κ1) is 39.9. The van der Waals surface area contributed by atoms with Crippen molar-refractivity contribution in [3.05, 3.63) is 125 Å². The van der Waals surface area contributed by atoms with Gasteiger partial charge in [-0.25, -0.2) is 4.79 Å². The molecule has 1 aromatic heterocycles. The summed E-state index contributed by atoms with van der Waals surface area (Å²) in [6.45, 7) is 13.0. The molecule has 0 bridgehead atoms. The van der Waals surface area contributed by atoms with Gasteiger partial charge in [0.05, 0.1) is 23.5 Å². The lowest BCUT2D eigenvalue weighted by Crippen LogP contribution is -2.45. The van der Waals surface area contributed by atoms with Crippen LogP contribution in [0.15, 0.2) is 103 Å². The molecule has 8 rings (SSSR count). The lowest BCUT2D eigenvalue weighted by molar-refractivity contribution is -0.0172. The van der Waals surface area contributed by atoms with Crippen LogP contribution in [0.25, 0.3) is 16.6 Å². The maximum Gasteiger partial charge on any atom is 0.326 e. The molecule has 0 spiro atoms. The molecule has 3 amide bonds. The van der Waals surface area contributed by atoms with E-state index in [0.29, 0.717) is 60.7 Å². The number of aryl methyl sites for hydroxylation is 1. The number of rotatable bonds is 9. The highest BCUT2D eigenvalue weighted by atomic mass is 16.5. The van der Waals surface area contributed by atoms with E-state index in [4.69, 9.17) is 21.9 Å². The Balaban J connectivity index is 0.820. The summed E-state index contributed by atoms with van der Waals surface area (Å²) >= 11 is 0. The van der Waals surface area contributed by atoms with Crippen molar-refractivity contribution in [1.29, 1.82) is 0 Å². The fourth-order valence-electron chi connectivity index (χ4n) is 9.38. The number of aromatic nitrogens is 1. The second kappa shape index (κ2) is 17.1. The van der Waals surface area contributed by atoms with Gasteiger partial charge in [0.25, 0.3) is 5.91 Å². The number of ether oxygens (including phenoxy) is 1. The number of carbonyl (C=O) groups is 2. The maximum atomic E-state index is 13.6. The SMILES string of the molecule is C=C1CCN(c2cccc3c2cc(C)n3C2CCN(CC3CCN(C(=O)c4ccc(C5CN(C(/C=C(\N)c6ccccc6O)=C(N)N)CCO5)cc4)CC3)CC2)C(=O)N1. The van der Waals surface area contributed by atoms with Gasteiger partial charge in [-0.3, -0.25) is 9.69 Å². The Labute approximate surface area is 346 Å². The summed E-state index contributed by atoms with van der Waals surface area (Å²) in [5, 5.41) is 14.3. The number of benzene rings is 3. The first-order valence-electron chi connectivity index (χ1n) is 20.9. The summed E-state index contributed by atoms with van der Waals surface area (Å²) in [6, 6.07) is 23.5. The molecule has 310 valence electrons. The van der Waals surface area contributed by atoms with Crippen LogP contribution in [0.4, 0.5) is 10.5 Å². The Bertz CT molecular complexity index is 2260. The molecule has 4 fully saturated rings. The zero-order valence-corrected chi connectivity index (χ0v) is 34.0. The summed E-state index contributed by atoms with van der Waals surface area (Å²) in [7, 11) is 0. The van der Waals surface area contributed by atoms with E-state index in [1.807, 2.05) is 45.0 Å². The van der Waals surface area contributed by atoms with Crippen molar-refractivity contribution in [2.75, 3.05) is 63.9 Å². The second-order valence-electron chi connectivity index (χ2n) is 16.5. The molecule has 4 saturated heterocycles. The molecule has 13 nitrogen and oxygen atoms in total. The van der Waals surface area contributed by atoms with Crippen LogP contribution in [0, 0.1) is 12.8 Å². The number of allylic oxidation sites excluding steroid dienone is 1. The van der Waals surface area contributed by atoms with Gasteiger partial charge in [0, 0.05) is 98.4 Å². The second-order valence-corrected chi connectivity index (χ2v) is 16.5. The van der Waals surface area contributed by atoms with E-state index in [1.54, 1.807) is 30.3 Å². The third-order valence-corrected chi connectivity index (χ3v) is 12.6. The molecule has 13 heteroatoms. The standard InChI is InChI=1S/C46H57N9O4/c1-30-14-23-54(46(58)50-30)39-7-5-8-40-37(39)26-31(2)55(40)35-17-19-51(20-18-35)28-32-15-21-52(22-16-32)45(57)34-12-10-33(11-13-34)43-29-53(24-25-59-43)41(44(48)49)27-38(47)36-6-3-4-9-42(36)56/h3-13,26-27,32,35,43,56H,1,14-25,28-29,47-49H2,2H3,(H,50,58)/b38-27-. The highest BCUT2D eigenvalue weighted by Crippen LogP contribution is 2.36. The van der Waals surface area contributed by atoms with Crippen LogP contribution in [-0.2, 0) is 4.74 Å². The molecule has 4 aromatic rings. The van der Waals surface area contributed by atoms with Gasteiger partial charge in [-0.2, -0.15) is 0 Å². The number of para-hydroxylation sites is 1. The number of morpholine rings is 1. The summed E-state index contributed by atoms with van der Waals surface area (Å²) < 4.78 is 8.64. The van der Waals surface area contributed by atoms with Gasteiger partial charge in [-0.05, 0) is 92.6 Å². The van der Waals surface area contributed by atoms with Crippen LogP contribution in [0.3, 0.4) is 0 Å². The molecule has 5 heterocycles. The number of nitrogens with two attached hydrogens (primary N) is 3. The molecule has 0 saturated carbocycles. The zero-order chi connectivity index (χ0) is 41.2. The number of nitrogens with one attached hydrogen (secondary N) is 1. The molecule has 8 N–H and O–H groups in total. The Morgan fingerprint density at radius 3 is 2.37 bits per heavy atom. The van der Waals surface area contributed by atoms with Gasteiger partial charge in [-0.1, -0.05) is 36.9 Å². The zero-order valence-electron chi connectivity index (χ0n) is 34.0.